The molecular formula is C29H24N8O2. The number of carbonyl (C=O) groups is 1. The van der Waals surface area contributed by atoms with Crippen molar-refractivity contribution in [3.05, 3.63) is 90.0 Å². The van der Waals surface area contributed by atoms with Gasteiger partial charge < -0.3 is 20.7 Å². The Kier molecular flexibility index (Phi) is 6.88. The molecule has 0 bridgehead atoms. The van der Waals surface area contributed by atoms with E-state index in [2.05, 4.69) is 20.5 Å². The van der Waals surface area contributed by atoms with Crippen LogP contribution in [-0.4, -0.2) is 45.1 Å². The van der Waals surface area contributed by atoms with Gasteiger partial charge >= 0.3 is 0 Å². The number of nitriles is 1. The predicted molar refractivity (Wildman–Crippen MR) is 150 cm³/mol. The third-order valence-corrected chi connectivity index (χ3v) is 5.76. The van der Waals surface area contributed by atoms with E-state index in [1.165, 1.54) is 11.0 Å². The molecule has 39 heavy (non-hydrogen) atoms. The van der Waals surface area contributed by atoms with E-state index in [1.54, 1.807) is 26.2 Å². The summed E-state index contributed by atoms with van der Waals surface area (Å²) in [4.78, 5) is 22.9. The second-order valence-corrected chi connectivity index (χ2v) is 8.79. The highest BCUT2D eigenvalue weighted by molar-refractivity contribution is 6.01. The molecule has 10 nitrogen and oxygen atoms in total. The fourth-order valence-electron chi connectivity index (χ4n) is 3.91. The molecule has 1 amide bonds. The number of nitrogen functional groups attached to an aromatic ring is 1. The minimum Gasteiger partial charge on any atom is -0.457 e. The van der Waals surface area contributed by atoms with Crippen LogP contribution in [0.1, 0.15) is 5.56 Å². The van der Waals surface area contributed by atoms with E-state index < -0.39 is 0 Å². The number of nitrogens with zero attached hydrogens (tertiary/aromatic N) is 5. The van der Waals surface area contributed by atoms with Gasteiger partial charge in [-0.2, -0.15) is 15.3 Å². The Morgan fingerprint density at radius 2 is 1.77 bits per heavy atom. The van der Waals surface area contributed by atoms with Gasteiger partial charge in [0.15, 0.2) is 11.5 Å². The minimum absolute atomic E-state index is 0.0322. The molecule has 5 aromatic rings. The van der Waals surface area contributed by atoms with Crippen LogP contribution in [0.15, 0.2) is 84.4 Å². The van der Waals surface area contributed by atoms with Gasteiger partial charge in [0.05, 0.1) is 11.1 Å². The molecule has 0 aliphatic carbocycles. The van der Waals surface area contributed by atoms with E-state index >= 15 is 0 Å². The van der Waals surface area contributed by atoms with Crippen LogP contribution in [-0.2, 0) is 4.79 Å². The fourth-order valence-corrected chi connectivity index (χ4v) is 3.91. The standard InChI is InChI=1S/C29H24N8O2/c1-37(2)28(38)20(17-30)15-18-7-6-8-21(16-18)32-29-33-25(24-26(31)35-36-27(24)34-29)19-11-13-23(14-12-19)39-22-9-4-3-5-10-22/h3-16H,1-2H3,(H4,31,32,33,34,35,36). The number of carbonyl (C=O) groups excluding carboxylic acids is 1. The van der Waals surface area contributed by atoms with Crippen LogP contribution in [0.4, 0.5) is 17.5 Å². The molecule has 2 heterocycles. The highest BCUT2D eigenvalue weighted by atomic mass is 16.5. The van der Waals surface area contributed by atoms with Crippen LogP contribution in [0, 0.1) is 11.3 Å². The molecule has 0 atom stereocenters. The number of aromatic amines is 1. The van der Waals surface area contributed by atoms with Gasteiger partial charge in [-0.25, -0.2) is 4.98 Å². The van der Waals surface area contributed by atoms with Crippen LogP contribution < -0.4 is 15.8 Å². The molecule has 0 spiro atoms. The lowest BCUT2D eigenvalue weighted by Crippen LogP contribution is -2.22. The molecule has 3 aromatic carbocycles. The number of nitrogens with two attached hydrogens (primary N) is 1. The molecule has 10 heteroatoms. The minimum atomic E-state index is -0.369. The SMILES string of the molecule is CN(C)C(=O)C(C#N)=Cc1cccc(Nc2nc(-c3ccc(Oc4ccccc4)cc3)c3c(N)n[nH]c3n2)c1. The van der Waals surface area contributed by atoms with Crippen LogP contribution in [0.25, 0.3) is 28.4 Å². The van der Waals surface area contributed by atoms with Crippen molar-refractivity contribution in [3.8, 4) is 28.8 Å². The number of para-hydroxylation sites is 1. The van der Waals surface area contributed by atoms with Crippen molar-refractivity contribution in [1.29, 1.82) is 5.26 Å². The summed E-state index contributed by atoms with van der Waals surface area (Å²) in [6.45, 7) is 0. The molecule has 0 saturated carbocycles. The number of benzene rings is 3. The highest BCUT2D eigenvalue weighted by Crippen LogP contribution is 2.32. The predicted octanol–water partition coefficient (Wildman–Crippen LogP) is 5.13. The zero-order valence-corrected chi connectivity index (χ0v) is 21.2. The van der Waals surface area contributed by atoms with Crippen molar-refractivity contribution in [1.82, 2.24) is 25.1 Å². The summed E-state index contributed by atoms with van der Waals surface area (Å²) in [6.07, 6.45) is 1.54. The number of hydrogen-bond acceptors (Lipinski definition) is 8. The Morgan fingerprint density at radius 1 is 1.03 bits per heavy atom. The van der Waals surface area contributed by atoms with Gasteiger partial charge in [-0.05, 0) is 60.2 Å². The van der Waals surface area contributed by atoms with Crippen LogP contribution in [0.3, 0.4) is 0 Å². The van der Waals surface area contributed by atoms with Crippen LogP contribution in [0.5, 0.6) is 11.5 Å². The Hall–Kier alpha value is -5.69. The van der Waals surface area contributed by atoms with Crippen molar-refractivity contribution >= 4 is 40.5 Å². The maximum Gasteiger partial charge on any atom is 0.264 e. The number of likely N-dealkylation sites (N-methyl/N-ethyl adjacent to an activating group) is 1. The summed E-state index contributed by atoms with van der Waals surface area (Å²) >= 11 is 0. The molecular weight excluding hydrogens is 492 g/mol. The maximum absolute atomic E-state index is 12.2. The average molecular weight is 517 g/mol. The number of rotatable bonds is 7. The highest BCUT2D eigenvalue weighted by Gasteiger charge is 2.16. The lowest BCUT2D eigenvalue weighted by Gasteiger charge is -2.11. The van der Waals surface area contributed by atoms with Crippen molar-refractivity contribution in [2.24, 2.45) is 0 Å². The Labute approximate surface area is 224 Å². The van der Waals surface area contributed by atoms with Gasteiger partial charge in [-0.3, -0.25) is 9.89 Å². The molecule has 0 fully saturated rings. The number of nitrogens with one attached hydrogen (secondary N) is 2. The Bertz CT molecular complexity index is 1720. The lowest BCUT2D eigenvalue weighted by atomic mass is 10.1. The van der Waals surface area contributed by atoms with E-state index in [-0.39, 0.29) is 17.3 Å². The summed E-state index contributed by atoms with van der Waals surface area (Å²) < 4.78 is 5.91. The first-order chi connectivity index (χ1) is 18.9. The van der Waals surface area contributed by atoms with Gasteiger partial charge in [0.25, 0.3) is 5.91 Å². The van der Waals surface area contributed by atoms with E-state index in [4.69, 9.17) is 15.5 Å². The van der Waals surface area contributed by atoms with Crippen molar-refractivity contribution < 1.29 is 9.53 Å². The number of anilines is 3. The van der Waals surface area contributed by atoms with E-state index in [0.29, 0.717) is 39.7 Å². The summed E-state index contributed by atoms with van der Waals surface area (Å²) in [6, 6.07) is 26.2. The number of hydrogen-bond donors (Lipinski definition) is 3. The fraction of sp³-hybridized carbons (Fsp3) is 0.0690. The largest absolute Gasteiger partial charge is 0.457 e. The summed E-state index contributed by atoms with van der Waals surface area (Å²) in [5, 5.41) is 20.2. The third-order valence-electron chi connectivity index (χ3n) is 5.76. The lowest BCUT2D eigenvalue weighted by molar-refractivity contribution is -0.124. The zero-order chi connectivity index (χ0) is 27.4. The van der Waals surface area contributed by atoms with E-state index in [0.717, 1.165) is 11.3 Å². The summed E-state index contributed by atoms with van der Waals surface area (Å²) in [7, 11) is 3.20. The average Bonchev–Trinajstić information content (AvgIpc) is 3.32. The van der Waals surface area contributed by atoms with Crippen molar-refractivity contribution in [3.63, 3.8) is 0 Å². The second kappa shape index (κ2) is 10.7. The quantitative estimate of drug-likeness (QED) is 0.199. The number of amides is 1. The zero-order valence-electron chi connectivity index (χ0n) is 21.2. The van der Waals surface area contributed by atoms with Crippen LogP contribution in [0.2, 0.25) is 0 Å². The molecule has 5 rings (SSSR count). The normalized spacial score (nSPS) is 11.2. The molecule has 4 N–H and O–H groups in total. The number of ether oxygens (including phenoxy) is 1. The van der Waals surface area contributed by atoms with Crippen LogP contribution >= 0.6 is 0 Å². The first-order valence-electron chi connectivity index (χ1n) is 12.0. The second-order valence-electron chi connectivity index (χ2n) is 8.79. The number of aromatic nitrogens is 4. The molecule has 0 aliphatic heterocycles. The Balaban J connectivity index is 1.46. The van der Waals surface area contributed by atoms with E-state index in [1.807, 2.05) is 72.8 Å². The molecule has 192 valence electrons. The first kappa shape index (κ1) is 25.0. The van der Waals surface area contributed by atoms with Crippen molar-refractivity contribution in [2.75, 3.05) is 25.1 Å². The summed E-state index contributed by atoms with van der Waals surface area (Å²) in [5.74, 6) is 1.66. The molecule has 0 saturated heterocycles. The first-order valence-corrected chi connectivity index (χ1v) is 12.0. The van der Waals surface area contributed by atoms with Gasteiger partial charge in [0.1, 0.15) is 23.1 Å². The third kappa shape index (κ3) is 5.52. The van der Waals surface area contributed by atoms with Gasteiger partial charge in [-0.15, -0.1) is 0 Å². The number of fused-ring (bicyclic) bond motifs is 1. The van der Waals surface area contributed by atoms with Gasteiger partial charge in [0, 0.05) is 25.3 Å². The molecule has 2 aromatic heterocycles. The smallest absolute Gasteiger partial charge is 0.264 e. The molecule has 0 radical (unpaired) electrons. The van der Waals surface area contributed by atoms with Crippen molar-refractivity contribution in [2.45, 2.75) is 0 Å². The monoisotopic (exact) mass is 516 g/mol. The summed E-state index contributed by atoms with van der Waals surface area (Å²) in [5.41, 5.74) is 9.39. The van der Waals surface area contributed by atoms with Gasteiger partial charge in [0.2, 0.25) is 5.95 Å². The topological polar surface area (TPSA) is 146 Å². The van der Waals surface area contributed by atoms with Gasteiger partial charge in [-0.1, -0.05) is 30.3 Å². The maximum atomic E-state index is 12.2. The Morgan fingerprint density at radius 3 is 2.49 bits per heavy atom. The molecule has 0 aliphatic rings. The van der Waals surface area contributed by atoms with E-state index in [9.17, 15) is 10.1 Å². The molecule has 0 unspecified atom stereocenters. The number of H-pyrrole nitrogens is 1.